The summed E-state index contributed by atoms with van der Waals surface area (Å²) in [6.45, 7) is -10.9. The Balaban J connectivity index is 0.967. The van der Waals surface area contributed by atoms with E-state index in [0.29, 0.717) is 0 Å². The zero-order chi connectivity index (χ0) is 94.0. The molecule has 11 aliphatic heterocycles. The number of nitrogens with one attached hydrogen (secondary N) is 2. The van der Waals surface area contributed by atoms with E-state index in [9.17, 15) is 178 Å². The number of aliphatic hydroxyl groups is 33. The Morgan fingerprint density at radius 1 is 0.203 bits per heavy atom. The number of ether oxygens (including phenoxy) is 21. The Kier molecular flexibility index (Phi) is 37.7. The van der Waals surface area contributed by atoms with Crippen molar-refractivity contribution in [2.45, 2.75) is 351 Å². The molecule has 11 rings (SSSR count). The summed E-state index contributed by atoms with van der Waals surface area (Å²) >= 11 is 0. The van der Waals surface area contributed by atoms with Crippen LogP contribution in [-0.4, -0.2) is 591 Å². The Morgan fingerprint density at radius 3 is 0.742 bits per heavy atom. The summed E-state index contributed by atoms with van der Waals surface area (Å²) in [5.41, 5.74) is 0. The molecule has 2 amide bonds. The summed E-state index contributed by atoms with van der Waals surface area (Å²) in [5, 5.41) is 373. The Morgan fingerprint density at radius 2 is 0.422 bits per heavy atom. The molecule has 0 aromatic carbocycles. The third kappa shape index (κ3) is 22.5. The molecular formula is C70H118N2O56. The SMILES string of the molecule is CC(=O)N[C@H]1[C@H](O[C@H]2[C@H](O)[C@@H](NC(C)=O)C(O)O[C@@H]2CO)O[C@H](CO)[C@@H](O[C@@H]2O[C@H](CO[C@H]3O[C@H](CO)[C@@H](O)[C@H](O)[C@@H]3O[C@H]3O[C@H](CO)[C@@H](O)[C@H](O)[C@@H]3O)[C@@H](O)[C@H](O[C@H]3O[C@H](CO[C@H]4O[C@H](CO)[C@@H](O)[C@H](O)[C@@H]4O[C@H]4O[C@H](CO)[C@@H](O)[C@H](O)[C@@H]4O[C@H]4O[C@H](CO)[C@@H](O)[C@H](O)[C@@H]4O)[C@@H](O)[C@H](O[C@H]4O[C@H](CO)[C@@H](O)[C@H](O)[C@@H]4O[C@H]4O[C@H](CO)[C@@H](O)[C@H](O)[C@@H]4O)[C@@H]3O)[C@@H]2O)[C@@H]1O. The molecule has 11 heterocycles. The third-order valence-electron chi connectivity index (χ3n) is 23.8. The Labute approximate surface area is 722 Å². The maximum absolute atomic E-state index is 13.1. The maximum Gasteiger partial charge on any atom is 0.217 e. The van der Waals surface area contributed by atoms with E-state index in [1.54, 1.807) is 0 Å². The van der Waals surface area contributed by atoms with Crippen LogP contribution in [0.2, 0.25) is 0 Å². The van der Waals surface area contributed by atoms with Gasteiger partial charge in [0.15, 0.2) is 69.2 Å². The molecule has 1 unspecified atom stereocenters. The monoisotopic (exact) mass is 1880 g/mol. The maximum atomic E-state index is 13.1. The van der Waals surface area contributed by atoms with Crippen LogP contribution in [-0.2, 0) is 109 Å². The fraction of sp³-hybridized carbons (Fsp3) is 0.971. The number of carbonyl (C=O) groups excluding carboxylic acids is 2. The van der Waals surface area contributed by atoms with Gasteiger partial charge in [-0.3, -0.25) is 9.59 Å². The molecule has 0 aliphatic carbocycles. The second kappa shape index (κ2) is 45.8. The molecule has 0 aromatic rings. The van der Waals surface area contributed by atoms with Gasteiger partial charge in [-0.2, -0.15) is 0 Å². The van der Waals surface area contributed by atoms with Gasteiger partial charge in [-0.1, -0.05) is 0 Å². The molecule has 11 fully saturated rings. The molecule has 744 valence electrons. The summed E-state index contributed by atoms with van der Waals surface area (Å²) in [6, 6.07) is -3.70. The highest BCUT2D eigenvalue weighted by Crippen LogP contribution is 2.42. The van der Waals surface area contributed by atoms with E-state index in [1.807, 2.05) is 0 Å². The van der Waals surface area contributed by atoms with E-state index in [-0.39, 0.29) is 0 Å². The van der Waals surface area contributed by atoms with Crippen LogP contribution < -0.4 is 10.6 Å². The third-order valence-corrected chi connectivity index (χ3v) is 23.8. The van der Waals surface area contributed by atoms with Crippen molar-refractivity contribution < 1.29 is 278 Å². The first-order valence-corrected chi connectivity index (χ1v) is 40.7. The molecule has 0 saturated carbocycles. The number of aliphatic hydroxyl groups excluding tert-OH is 33. The fourth-order valence-corrected chi connectivity index (χ4v) is 16.5. The first kappa shape index (κ1) is 105. The highest BCUT2D eigenvalue weighted by atomic mass is 16.8. The van der Waals surface area contributed by atoms with Gasteiger partial charge in [0.2, 0.25) is 11.8 Å². The first-order valence-electron chi connectivity index (χ1n) is 40.7. The van der Waals surface area contributed by atoms with Crippen LogP contribution in [0.25, 0.3) is 0 Å². The van der Waals surface area contributed by atoms with Gasteiger partial charge >= 0.3 is 0 Å². The van der Waals surface area contributed by atoms with Crippen LogP contribution >= 0.6 is 0 Å². The zero-order valence-corrected chi connectivity index (χ0v) is 67.7. The van der Waals surface area contributed by atoms with E-state index in [4.69, 9.17) is 99.5 Å². The normalized spacial score (nSPS) is 51.7. The summed E-state index contributed by atoms with van der Waals surface area (Å²) in [6.07, 6.45) is -118. The number of carbonyl (C=O) groups is 2. The molecular weight excluding hydrogens is 1760 g/mol. The van der Waals surface area contributed by atoms with Crippen LogP contribution in [0.5, 0.6) is 0 Å². The lowest BCUT2D eigenvalue weighted by molar-refractivity contribution is -0.407. The average molecular weight is 1880 g/mol. The minimum atomic E-state index is -2.77. The topological polar surface area (TPSA) is 920 Å². The minimum absolute atomic E-state index is 0.822. The summed E-state index contributed by atoms with van der Waals surface area (Å²) in [4.78, 5) is 25.3. The van der Waals surface area contributed by atoms with E-state index in [1.165, 1.54) is 0 Å². The van der Waals surface area contributed by atoms with Crippen molar-refractivity contribution in [1.29, 1.82) is 0 Å². The zero-order valence-electron chi connectivity index (χ0n) is 67.7. The van der Waals surface area contributed by atoms with Gasteiger partial charge < -0.3 is 279 Å². The second-order valence-electron chi connectivity index (χ2n) is 32.3. The summed E-state index contributed by atoms with van der Waals surface area (Å²) in [7, 11) is 0. The van der Waals surface area contributed by atoms with Gasteiger partial charge in [0.25, 0.3) is 0 Å². The van der Waals surface area contributed by atoms with Gasteiger partial charge in [-0.25, -0.2) is 0 Å². The molecule has 11 aliphatic rings. The number of hydrogen-bond donors (Lipinski definition) is 35. The smallest absolute Gasteiger partial charge is 0.217 e. The van der Waals surface area contributed by atoms with Gasteiger partial charge in [-0.05, 0) is 0 Å². The lowest BCUT2D eigenvalue weighted by atomic mass is 9.94. The van der Waals surface area contributed by atoms with Crippen molar-refractivity contribution in [3.8, 4) is 0 Å². The molecule has 11 saturated heterocycles. The molecule has 0 spiro atoms. The fourth-order valence-electron chi connectivity index (χ4n) is 16.5. The standard InChI is InChI=1S/C70H118N2O56/c1-14(82)71-27-38(93)52(23(10-80)110-60(27)107)121-61-28(72-15(2)83)39(94)53(24(11-81)118-61)122-65-50(105)54(36(91)25(119-65)12-108-67-56(43(98)32(87)19(6-76)114-67)125-62-47(102)40(95)29(84)16(3-73)111-62)123-66-51(106)55(124-69-58(45(100)34(89)21(8-78)116-69)126-63-48(103)41(96)30(85)17(4-74)112-63)37(92)26(120-66)13-109-68-57(44(99)33(88)20(7-77)115-68)128-70-59(46(101)35(90)22(9-79)117-70)127-64-49(104)42(97)31(86)18(5-75)113-64/h16-70,73-81,84-107H,3-13H2,1-2H3,(H,71,82)(H,72,83)/t16-,17-,18-,19-,20-,21-,22-,23-,24-,25-,26-,27-,28-,29-,30-,31-,32-,33-,34-,35-,36-,37-,38-,39-,40+,41+,42+,43+,44+,45+,46+,47+,48+,49+,50+,51+,52-,53-,54+,55+,56+,57+,58+,59+,60?,61+,62-,63-,64-,65+,66-,67+,68+,69-,70-/m1/s1. The van der Waals surface area contributed by atoms with Crippen LogP contribution in [0, 0.1) is 0 Å². The highest BCUT2D eigenvalue weighted by Gasteiger charge is 2.62. The Hall–Kier alpha value is -3.22. The molecule has 0 aromatic heterocycles. The van der Waals surface area contributed by atoms with Gasteiger partial charge in [-0.15, -0.1) is 0 Å². The molecule has 55 atom stereocenters. The van der Waals surface area contributed by atoms with E-state index >= 15 is 0 Å². The minimum Gasteiger partial charge on any atom is -0.394 e. The van der Waals surface area contributed by atoms with Crippen LogP contribution in [0.4, 0.5) is 0 Å². The van der Waals surface area contributed by atoms with Crippen molar-refractivity contribution in [3.05, 3.63) is 0 Å². The highest BCUT2D eigenvalue weighted by molar-refractivity contribution is 5.73. The van der Waals surface area contributed by atoms with Crippen LogP contribution in [0.15, 0.2) is 0 Å². The van der Waals surface area contributed by atoms with Crippen molar-refractivity contribution >= 4 is 11.8 Å². The lowest BCUT2D eigenvalue weighted by Crippen LogP contribution is -2.70. The Bertz CT molecular complexity index is 3380. The van der Waals surface area contributed by atoms with E-state index in [0.717, 1.165) is 13.8 Å². The van der Waals surface area contributed by atoms with Crippen molar-refractivity contribution in [1.82, 2.24) is 10.6 Å². The molecule has 35 N–H and O–H groups in total. The quantitative estimate of drug-likeness (QED) is 0.0290. The van der Waals surface area contributed by atoms with Crippen molar-refractivity contribution in [2.75, 3.05) is 72.7 Å². The van der Waals surface area contributed by atoms with Crippen LogP contribution in [0.3, 0.4) is 0 Å². The molecule has 128 heavy (non-hydrogen) atoms. The van der Waals surface area contributed by atoms with Crippen molar-refractivity contribution in [2.24, 2.45) is 0 Å². The van der Waals surface area contributed by atoms with E-state index in [2.05, 4.69) is 10.6 Å². The number of rotatable bonds is 33. The largest absolute Gasteiger partial charge is 0.394 e. The molecule has 58 nitrogen and oxygen atoms in total. The summed E-state index contributed by atoms with van der Waals surface area (Å²) < 4.78 is 124. The lowest BCUT2D eigenvalue weighted by Gasteiger charge is -2.51. The predicted molar refractivity (Wildman–Crippen MR) is 386 cm³/mol. The van der Waals surface area contributed by atoms with Gasteiger partial charge in [0, 0.05) is 13.8 Å². The summed E-state index contributed by atoms with van der Waals surface area (Å²) in [5.74, 6) is -1.82. The van der Waals surface area contributed by atoms with Gasteiger partial charge in [0.05, 0.1) is 72.7 Å². The van der Waals surface area contributed by atoms with Crippen LogP contribution in [0.1, 0.15) is 13.8 Å². The predicted octanol–water partition coefficient (Wildman–Crippen LogP) is -24.7. The second-order valence-corrected chi connectivity index (χ2v) is 32.3. The molecule has 0 radical (unpaired) electrons. The van der Waals surface area contributed by atoms with E-state index < -0.39 is 422 Å². The average Bonchev–Trinajstić information content (AvgIpc) is 0.754. The molecule has 0 bridgehead atoms. The number of amides is 2. The number of hydrogen-bond acceptors (Lipinski definition) is 56. The molecule has 58 heteroatoms. The van der Waals surface area contributed by atoms with Gasteiger partial charge in [0.1, 0.15) is 268 Å². The first-order chi connectivity index (χ1) is 60.7. The van der Waals surface area contributed by atoms with Crippen molar-refractivity contribution in [3.63, 3.8) is 0 Å².